The third kappa shape index (κ3) is 3.90. The van der Waals surface area contributed by atoms with Crippen LogP contribution in [0.15, 0.2) is 36.5 Å². The van der Waals surface area contributed by atoms with E-state index in [2.05, 4.69) is 9.72 Å². The van der Waals surface area contributed by atoms with Crippen LogP contribution in [0.1, 0.15) is 11.7 Å². The van der Waals surface area contributed by atoms with Crippen LogP contribution in [0, 0.1) is 0 Å². The van der Waals surface area contributed by atoms with Gasteiger partial charge in [-0.1, -0.05) is 18.2 Å². The summed E-state index contributed by atoms with van der Waals surface area (Å²) in [4.78, 5) is 4.12. The number of hydrogen-bond acceptors (Lipinski definition) is 3. The normalized spacial score (nSPS) is 13.7. The highest BCUT2D eigenvalue weighted by molar-refractivity contribution is 5.78. The minimum Gasteiger partial charge on any atom is -0.386 e. The molecule has 1 N–H and O–H groups in total. The molecule has 1 heterocycles. The Kier molecular flexibility index (Phi) is 4.01. The predicted octanol–water partition coefficient (Wildman–Crippen LogP) is 2.85. The van der Waals surface area contributed by atoms with Crippen LogP contribution >= 0.6 is 0 Å². The summed E-state index contributed by atoms with van der Waals surface area (Å²) in [6.07, 6.45) is -4.08. The second-order valence-corrected chi connectivity index (χ2v) is 4.11. The first-order valence-corrected chi connectivity index (χ1v) is 5.63. The molecule has 0 saturated carbocycles. The number of hydrogen-bond donors (Lipinski definition) is 1. The molecular formula is C13H12F3NO2. The number of para-hydroxylation sites is 1. The zero-order chi connectivity index (χ0) is 13.9. The molecule has 19 heavy (non-hydrogen) atoms. The second kappa shape index (κ2) is 5.54. The van der Waals surface area contributed by atoms with Gasteiger partial charge in [-0.2, -0.15) is 13.2 Å². The zero-order valence-electron chi connectivity index (χ0n) is 9.89. The molecule has 0 saturated heterocycles. The van der Waals surface area contributed by atoms with Crippen molar-refractivity contribution < 1.29 is 23.0 Å². The minimum atomic E-state index is -4.39. The number of halogens is 3. The first-order chi connectivity index (χ1) is 8.96. The van der Waals surface area contributed by atoms with E-state index in [9.17, 15) is 18.3 Å². The number of rotatable bonds is 4. The average Bonchev–Trinajstić information content (AvgIpc) is 2.36. The molecule has 2 rings (SSSR count). The van der Waals surface area contributed by atoms with Gasteiger partial charge in [0.25, 0.3) is 0 Å². The fraction of sp³-hybridized carbons (Fsp3) is 0.308. The molecule has 3 nitrogen and oxygen atoms in total. The van der Waals surface area contributed by atoms with Crippen LogP contribution in [-0.4, -0.2) is 29.5 Å². The molecule has 0 amide bonds. The molecule has 6 heteroatoms. The lowest BCUT2D eigenvalue weighted by Crippen LogP contribution is -2.19. The van der Waals surface area contributed by atoms with Gasteiger partial charge in [-0.05, 0) is 12.1 Å². The highest BCUT2D eigenvalue weighted by Crippen LogP contribution is 2.20. The highest BCUT2D eigenvalue weighted by Gasteiger charge is 2.27. The number of pyridine rings is 1. The van der Waals surface area contributed by atoms with Crippen molar-refractivity contribution in [3.05, 3.63) is 42.1 Å². The largest absolute Gasteiger partial charge is 0.411 e. The van der Waals surface area contributed by atoms with Gasteiger partial charge in [0, 0.05) is 17.1 Å². The number of aromatic nitrogens is 1. The summed E-state index contributed by atoms with van der Waals surface area (Å²) in [7, 11) is 0. The van der Waals surface area contributed by atoms with E-state index in [0.717, 1.165) is 10.9 Å². The molecule has 2 aromatic rings. The Balaban J connectivity index is 2.03. The summed E-state index contributed by atoms with van der Waals surface area (Å²) in [5.74, 6) is 0. The fourth-order valence-electron chi connectivity index (χ4n) is 1.65. The summed E-state index contributed by atoms with van der Waals surface area (Å²) >= 11 is 0. The summed E-state index contributed by atoms with van der Waals surface area (Å²) in [5.41, 5.74) is 1.19. The number of alkyl halides is 3. The van der Waals surface area contributed by atoms with E-state index < -0.39 is 25.5 Å². The molecule has 0 radical (unpaired) electrons. The first-order valence-electron chi connectivity index (χ1n) is 5.63. The van der Waals surface area contributed by atoms with Crippen molar-refractivity contribution in [1.82, 2.24) is 4.98 Å². The molecule has 0 bridgehead atoms. The highest BCUT2D eigenvalue weighted by atomic mass is 19.4. The van der Waals surface area contributed by atoms with Crippen molar-refractivity contribution in [2.45, 2.75) is 12.3 Å². The third-order valence-electron chi connectivity index (χ3n) is 2.54. The van der Waals surface area contributed by atoms with Crippen LogP contribution in [0.2, 0.25) is 0 Å². The smallest absolute Gasteiger partial charge is 0.386 e. The summed E-state index contributed by atoms with van der Waals surface area (Å²) in [5, 5.41) is 10.6. The number of benzene rings is 1. The van der Waals surface area contributed by atoms with Crippen molar-refractivity contribution in [3.63, 3.8) is 0 Å². The number of aliphatic hydroxyl groups excluding tert-OH is 1. The fourth-order valence-corrected chi connectivity index (χ4v) is 1.65. The maximum absolute atomic E-state index is 11.9. The van der Waals surface area contributed by atoms with Crippen molar-refractivity contribution >= 4 is 10.9 Å². The monoisotopic (exact) mass is 271 g/mol. The Morgan fingerprint density at radius 2 is 2.00 bits per heavy atom. The molecule has 0 aliphatic heterocycles. The molecule has 1 aromatic carbocycles. The van der Waals surface area contributed by atoms with E-state index >= 15 is 0 Å². The van der Waals surface area contributed by atoms with Gasteiger partial charge in [-0.15, -0.1) is 0 Å². The summed E-state index contributed by atoms with van der Waals surface area (Å²) < 4.78 is 40.1. The summed E-state index contributed by atoms with van der Waals surface area (Å²) in [6.45, 7) is -1.79. The van der Waals surface area contributed by atoms with E-state index in [0.29, 0.717) is 5.56 Å². The zero-order valence-corrected chi connectivity index (χ0v) is 9.89. The van der Waals surface area contributed by atoms with E-state index in [1.807, 2.05) is 24.3 Å². The van der Waals surface area contributed by atoms with Gasteiger partial charge in [0.05, 0.1) is 12.1 Å². The summed E-state index contributed by atoms with van der Waals surface area (Å²) in [6, 6.07) is 8.96. The van der Waals surface area contributed by atoms with Crippen molar-refractivity contribution in [3.8, 4) is 0 Å². The number of ether oxygens (including phenoxy) is 1. The maximum Gasteiger partial charge on any atom is 0.411 e. The van der Waals surface area contributed by atoms with E-state index in [4.69, 9.17) is 0 Å². The standard InChI is InChI=1S/C13H12F3NO2/c14-13(15,16)8-19-7-12(18)10-5-9-3-1-2-4-11(9)17-6-10/h1-6,12,18H,7-8H2. The van der Waals surface area contributed by atoms with Gasteiger partial charge in [-0.25, -0.2) is 0 Å². The number of nitrogens with zero attached hydrogens (tertiary/aromatic N) is 1. The van der Waals surface area contributed by atoms with Gasteiger partial charge in [0.2, 0.25) is 0 Å². The second-order valence-electron chi connectivity index (χ2n) is 4.11. The van der Waals surface area contributed by atoms with Gasteiger partial charge < -0.3 is 9.84 Å². The predicted molar refractivity (Wildman–Crippen MR) is 63.6 cm³/mol. The van der Waals surface area contributed by atoms with Crippen LogP contribution in [0.3, 0.4) is 0 Å². The van der Waals surface area contributed by atoms with Gasteiger partial charge >= 0.3 is 6.18 Å². The van der Waals surface area contributed by atoms with Gasteiger partial charge in [0.15, 0.2) is 0 Å². The van der Waals surface area contributed by atoms with Crippen LogP contribution in [-0.2, 0) is 4.74 Å². The lowest BCUT2D eigenvalue weighted by molar-refractivity contribution is -0.179. The Labute approximate surface area is 107 Å². The molecule has 1 atom stereocenters. The Morgan fingerprint density at radius 1 is 1.26 bits per heavy atom. The Hall–Kier alpha value is -1.66. The first kappa shape index (κ1) is 13.8. The molecule has 1 unspecified atom stereocenters. The lowest BCUT2D eigenvalue weighted by Gasteiger charge is -2.13. The van der Waals surface area contributed by atoms with E-state index in [1.54, 1.807) is 6.07 Å². The lowest BCUT2D eigenvalue weighted by atomic mass is 10.1. The average molecular weight is 271 g/mol. The molecular weight excluding hydrogens is 259 g/mol. The quantitative estimate of drug-likeness (QED) is 0.929. The SMILES string of the molecule is OC(COCC(F)(F)F)c1cnc2ccccc2c1. The minimum absolute atomic E-state index is 0.417. The molecule has 0 spiro atoms. The van der Waals surface area contributed by atoms with Gasteiger partial charge in [0.1, 0.15) is 12.7 Å². The van der Waals surface area contributed by atoms with Crippen LogP contribution in [0.4, 0.5) is 13.2 Å². The Morgan fingerprint density at radius 3 is 2.74 bits per heavy atom. The third-order valence-corrected chi connectivity index (χ3v) is 2.54. The van der Waals surface area contributed by atoms with Crippen LogP contribution in [0.25, 0.3) is 10.9 Å². The number of aliphatic hydroxyl groups is 1. The maximum atomic E-state index is 11.9. The van der Waals surface area contributed by atoms with E-state index in [-0.39, 0.29) is 0 Å². The van der Waals surface area contributed by atoms with E-state index in [1.165, 1.54) is 6.20 Å². The number of fused-ring (bicyclic) bond motifs is 1. The molecule has 1 aromatic heterocycles. The molecule has 0 fully saturated rings. The Bertz CT molecular complexity index is 557. The molecule has 0 aliphatic rings. The topological polar surface area (TPSA) is 42.4 Å². The van der Waals surface area contributed by atoms with Crippen LogP contribution in [0.5, 0.6) is 0 Å². The van der Waals surface area contributed by atoms with Gasteiger partial charge in [-0.3, -0.25) is 4.98 Å². The molecule has 0 aliphatic carbocycles. The van der Waals surface area contributed by atoms with Crippen molar-refractivity contribution in [2.75, 3.05) is 13.2 Å². The van der Waals surface area contributed by atoms with Crippen molar-refractivity contribution in [1.29, 1.82) is 0 Å². The molecule has 102 valence electrons. The van der Waals surface area contributed by atoms with Crippen molar-refractivity contribution in [2.24, 2.45) is 0 Å². The van der Waals surface area contributed by atoms with Crippen LogP contribution < -0.4 is 0 Å².